The number of allylic oxidation sites excluding steroid dienone is 2. The average molecular weight is 265 g/mol. The van der Waals surface area contributed by atoms with Crippen molar-refractivity contribution in [2.75, 3.05) is 12.8 Å². The van der Waals surface area contributed by atoms with Crippen molar-refractivity contribution in [1.82, 2.24) is 0 Å². The van der Waals surface area contributed by atoms with E-state index in [1.165, 1.54) is 5.57 Å². The van der Waals surface area contributed by atoms with Crippen LogP contribution in [0.15, 0.2) is 29.8 Å². The van der Waals surface area contributed by atoms with Crippen LogP contribution in [0.4, 0.5) is 5.69 Å². The molecule has 0 amide bonds. The number of anilines is 1. The van der Waals surface area contributed by atoms with Crippen LogP contribution in [0.1, 0.15) is 26.3 Å². The SMILES string of the molecule is C/C=C(\C=P)C(C)C.COc1ccc(C)cc1N. The van der Waals surface area contributed by atoms with Crippen LogP contribution in [-0.2, 0) is 0 Å². The van der Waals surface area contributed by atoms with Gasteiger partial charge in [-0.05, 0) is 48.8 Å². The lowest BCUT2D eigenvalue weighted by molar-refractivity contribution is 0.417. The predicted molar refractivity (Wildman–Crippen MR) is 85.1 cm³/mol. The Kier molecular flexibility index (Phi) is 8.15. The van der Waals surface area contributed by atoms with Crippen molar-refractivity contribution in [3.63, 3.8) is 0 Å². The van der Waals surface area contributed by atoms with Gasteiger partial charge in [0.05, 0.1) is 12.8 Å². The van der Waals surface area contributed by atoms with E-state index < -0.39 is 0 Å². The maximum Gasteiger partial charge on any atom is 0.141 e. The fraction of sp³-hybridized carbons (Fsp3) is 0.400. The summed E-state index contributed by atoms with van der Waals surface area (Å²) >= 11 is 0. The Morgan fingerprint density at radius 3 is 2.28 bits per heavy atom. The number of nitrogens with two attached hydrogens (primary N) is 1. The molecule has 0 aromatic heterocycles. The van der Waals surface area contributed by atoms with Gasteiger partial charge in [0, 0.05) is 0 Å². The first-order valence-electron chi connectivity index (χ1n) is 6.03. The second-order valence-corrected chi connectivity index (χ2v) is 4.62. The van der Waals surface area contributed by atoms with E-state index >= 15 is 0 Å². The summed E-state index contributed by atoms with van der Waals surface area (Å²) in [6.07, 6.45) is 2.11. The summed E-state index contributed by atoms with van der Waals surface area (Å²) in [5.41, 5.74) is 8.80. The molecule has 2 N–H and O–H groups in total. The maximum atomic E-state index is 5.61. The summed E-state index contributed by atoms with van der Waals surface area (Å²) in [6.45, 7) is 8.39. The summed E-state index contributed by atoms with van der Waals surface area (Å²) in [4.78, 5) is 0. The van der Waals surface area contributed by atoms with Crippen LogP contribution < -0.4 is 10.5 Å². The van der Waals surface area contributed by atoms with Crippen LogP contribution in [0, 0.1) is 12.8 Å². The summed E-state index contributed by atoms with van der Waals surface area (Å²) in [5, 5.41) is 0. The van der Waals surface area contributed by atoms with Gasteiger partial charge in [-0.2, -0.15) is 0 Å². The molecule has 0 heterocycles. The molecule has 1 aromatic rings. The van der Waals surface area contributed by atoms with Gasteiger partial charge in [-0.15, -0.1) is 8.86 Å². The largest absolute Gasteiger partial charge is 0.495 e. The van der Waals surface area contributed by atoms with E-state index in [4.69, 9.17) is 10.5 Å². The zero-order chi connectivity index (χ0) is 14.1. The van der Waals surface area contributed by atoms with E-state index in [1.807, 2.05) is 37.8 Å². The van der Waals surface area contributed by atoms with Crippen LogP contribution in [0.5, 0.6) is 5.75 Å². The molecule has 18 heavy (non-hydrogen) atoms. The maximum absolute atomic E-state index is 5.61. The monoisotopic (exact) mass is 265 g/mol. The number of rotatable bonds is 3. The van der Waals surface area contributed by atoms with Crippen molar-refractivity contribution in [2.45, 2.75) is 27.7 Å². The topological polar surface area (TPSA) is 35.2 Å². The van der Waals surface area contributed by atoms with Crippen molar-refractivity contribution in [3.05, 3.63) is 35.4 Å². The summed E-state index contributed by atoms with van der Waals surface area (Å²) < 4.78 is 4.97. The smallest absolute Gasteiger partial charge is 0.141 e. The second-order valence-electron chi connectivity index (χ2n) is 4.33. The van der Waals surface area contributed by atoms with E-state index in [0.29, 0.717) is 11.6 Å². The predicted octanol–water partition coefficient (Wildman–Crippen LogP) is 4.12. The Hall–Kier alpha value is -1.27. The first kappa shape index (κ1) is 16.7. The van der Waals surface area contributed by atoms with Crippen molar-refractivity contribution in [3.8, 4) is 5.75 Å². The highest BCUT2D eigenvalue weighted by atomic mass is 31.0. The minimum atomic E-state index is 0.637. The Labute approximate surface area is 113 Å². The van der Waals surface area contributed by atoms with Gasteiger partial charge in [0.1, 0.15) is 5.75 Å². The van der Waals surface area contributed by atoms with Crippen molar-refractivity contribution < 1.29 is 4.74 Å². The number of aryl methyl sites for hydroxylation is 1. The van der Waals surface area contributed by atoms with E-state index in [1.54, 1.807) is 7.11 Å². The summed E-state index contributed by atoms with van der Waals surface area (Å²) in [6, 6.07) is 5.72. The number of nitrogen functional groups attached to an aromatic ring is 1. The molecule has 0 unspecified atom stereocenters. The third-order valence-corrected chi connectivity index (χ3v) is 2.89. The van der Waals surface area contributed by atoms with Gasteiger partial charge >= 0.3 is 0 Å². The molecule has 1 rings (SSSR count). The Morgan fingerprint density at radius 1 is 1.39 bits per heavy atom. The molecular formula is C15H24NOP. The van der Waals surface area contributed by atoms with Gasteiger partial charge in [-0.3, -0.25) is 0 Å². The van der Waals surface area contributed by atoms with E-state index in [9.17, 15) is 0 Å². The van der Waals surface area contributed by atoms with Gasteiger partial charge in [-0.25, -0.2) is 0 Å². The molecule has 100 valence electrons. The third kappa shape index (κ3) is 5.88. The van der Waals surface area contributed by atoms with Gasteiger partial charge in [0.25, 0.3) is 0 Å². The Bertz CT molecular complexity index is 411. The number of hydrogen-bond acceptors (Lipinski definition) is 2. The van der Waals surface area contributed by atoms with Crippen molar-refractivity contribution in [2.24, 2.45) is 5.92 Å². The van der Waals surface area contributed by atoms with Gasteiger partial charge in [-0.1, -0.05) is 26.0 Å². The molecule has 0 saturated heterocycles. The van der Waals surface area contributed by atoms with E-state index in [-0.39, 0.29) is 0 Å². The number of ether oxygens (including phenoxy) is 1. The minimum Gasteiger partial charge on any atom is -0.495 e. The fourth-order valence-electron chi connectivity index (χ4n) is 1.44. The molecule has 0 atom stereocenters. The first-order valence-corrected chi connectivity index (χ1v) is 6.60. The molecule has 0 aliphatic heterocycles. The average Bonchev–Trinajstić information content (AvgIpc) is 2.31. The molecule has 0 fully saturated rings. The molecule has 2 nitrogen and oxygen atoms in total. The van der Waals surface area contributed by atoms with Gasteiger partial charge in [0.2, 0.25) is 0 Å². The van der Waals surface area contributed by atoms with Gasteiger partial charge in [0.15, 0.2) is 0 Å². The van der Waals surface area contributed by atoms with Crippen LogP contribution in [0.2, 0.25) is 0 Å². The molecule has 0 aliphatic rings. The van der Waals surface area contributed by atoms with Crippen LogP contribution >= 0.6 is 8.86 Å². The normalized spacial score (nSPS) is 10.7. The summed E-state index contributed by atoms with van der Waals surface area (Å²) in [5.74, 6) is 3.34. The zero-order valence-corrected chi connectivity index (χ0v) is 12.9. The van der Waals surface area contributed by atoms with Crippen molar-refractivity contribution in [1.29, 1.82) is 0 Å². The van der Waals surface area contributed by atoms with Crippen molar-refractivity contribution >= 4 is 20.3 Å². The minimum absolute atomic E-state index is 0.637. The van der Waals surface area contributed by atoms with Crippen LogP contribution in [0.3, 0.4) is 0 Å². The van der Waals surface area contributed by atoms with Gasteiger partial charge < -0.3 is 10.5 Å². The molecule has 0 saturated carbocycles. The highest BCUT2D eigenvalue weighted by Crippen LogP contribution is 2.20. The molecule has 3 heteroatoms. The molecule has 0 radical (unpaired) electrons. The fourth-order valence-corrected chi connectivity index (χ4v) is 1.94. The number of hydrogen-bond donors (Lipinski definition) is 1. The molecule has 0 spiro atoms. The molecule has 0 bridgehead atoms. The lowest BCUT2D eigenvalue weighted by atomic mass is 10.1. The molecule has 0 aliphatic carbocycles. The Balaban J connectivity index is 0.000000331. The number of benzene rings is 1. The third-order valence-electron chi connectivity index (χ3n) is 2.55. The first-order chi connectivity index (χ1) is 8.46. The highest BCUT2D eigenvalue weighted by molar-refractivity contribution is 7.19. The lowest BCUT2D eigenvalue weighted by Gasteiger charge is -2.03. The highest BCUT2D eigenvalue weighted by Gasteiger charge is 1.95. The standard InChI is InChI=1S/C8H11NO.C7H13P/c1-6-3-4-8(10-2)7(9)5-6;1-4-7(5-8)6(2)3/h3-5H,9H2,1-2H3;4-6,8H,1-3H3/b;7-4+. The quantitative estimate of drug-likeness (QED) is 0.659. The molecular weight excluding hydrogens is 241 g/mol. The van der Waals surface area contributed by atoms with E-state index in [0.717, 1.165) is 11.3 Å². The number of methoxy groups -OCH3 is 1. The van der Waals surface area contributed by atoms with Crippen LogP contribution in [0.25, 0.3) is 0 Å². The van der Waals surface area contributed by atoms with Crippen LogP contribution in [-0.4, -0.2) is 12.9 Å². The lowest BCUT2D eigenvalue weighted by Crippen LogP contribution is -1.91. The Morgan fingerprint density at radius 2 is 2.00 bits per heavy atom. The summed E-state index contributed by atoms with van der Waals surface area (Å²) in [7, 11) is 4.94. The second kappa shape index (κ2) is 8.77. The van der Waals surface area contributed by atoms with E-state index in [2.05, 4.69) is 28.8 Å². The molecule has 1 aromatic carbocycles. The zero-order valence-electron chi connectivity index (χ0n) is 11.9.